The zero-order chi connectivity index (χ0) is 11.0. The molecule has 0 bridgehead atoms. The molecular formula is C13H16N2. The van der Waals surface area contributed by atoms with E-state index in [1.807, 2.05) is 6.07 Å². The highest BCUT2D eigenvalue weighted by molar-refractivity contribution is 5.91. The Morgan fingerprint density at radius 3 is 2.67 bits per heavy atom. The number of aryl methyl sites for hydroxylation is 1. The smallest absolute Gasteiger partial charge is 0.131 e. The summed E-state index contributed by atoms with van der Waals surface area (Å²) in [5.41, 5.74) is 8.51. The lowest BCUT2D eigenvalue weighted by molar-refractivity contribution is 0.859. The van der Waals surface area contributed by atoms with Crippen molar-refractivity contribution in [3.63, 3.8) is 0 Å². The molecule has 0 aliphatic rings. The minimum Gasteiger partial charge on any atom is -0.383 e. The first kappa shape index (κ1) is 9.97. The van der Waals surface area contributed by atoms with Gasteiger partial charge in [0.1, 0.15) is 5.82 Å². The van der Waals surface area contributed by atoms with Crippen molar-refractivity contribution in [3.8, 4) is 0 Å². The number of pyridine rings is 1. The molecule has 0 atom stereocenters. The maximum atomic E-state index is 5.84. The highest BCUT2D eigenvalue weighted by atomic mass is 14.8. The Bertz CT molecular complexity index is 501. The van der Waals surface area contributed by atoms with E-state index >= 15 is 0 Å². The van der Waals surface area contributed by atoms with Gasteiger partial charge in [0.15, 0.2) is 0 Å². The molecule has 1 aromatic heterocycles. The van der Waals surface area contributed by atoms with E-state index in [0.717, 1.165) is 5.39 Å². The standard InChI is InChI=1S/C13H16N2/c1-8(2)11-7-10-4-5-15-13(14)12(10)6-9(11)3/h4-8H,1-3H3,(H2,14,15). The molecule has 0 fully saturated rings. The largest absolute Gasteiger partial charge is 0.383 e. The molecule has 2 aromatic rings. The van der Waals surface area contributed by atoms with E-state index in [1.54, 1.807) is 6.20 Å². The van der Waals surface area contributed by atoms with E-state index in [9.17, 15) is 0 Å². The third-order valence-corrected chi connectivity index (χ3v) is 2.80. The van der Waals surface area contributed by atoms with Crippen LogP contribution < -0.4 is 5.73 Å². The Labute approximate surface area is 90.1 Å². The number of nitrogens with zero attached hydrogens (tertiary/aromatic N) is 1. The molecule has 15 heavy (non-hydrogen) atoms. The number of nitrogen functional groups attached to an aromatic ring is 1. The van der Waals surface area contributed by atoms with Crippen molar-refractivity contribution in [2.45, 2.75) is 26.7 Å². The molecule has 2 nitrogen and oxygen atoms in total. The van der Waals surface area contributed by atoms with Crippen molar-refractivity contribution in [3.05, 3.63) is 35.5 Å². The van der Waals surface area contributed by atoms with Gasteiger partial charge in [-0.1, -0.05) is 19.9 Å². The highest BCUT2D eigenvalue weighted by Gasteiger charge is 2.06. The maximum Gasteiger partial charge on any atom is 0.131 e. The fourth-order valence-electron chi connectivity index (χ4n) is 1.99. The molecular weight excluding hydrogens is 184 g/mol. The Kier molecular flexibility index (Phi) is 2.35. The summed E-state index contributed by atoms with van der Waals surface area (Å²) in [5, 5.41) is 2.23. The Hall–Kier alpha value is -1.57. The van der Waals surface area contributed by atoms with Gasteiger partial charge in [0, 0.05) is 11.6 Å². The van der Waals surface area contributed by atoms with Crippen molar-refractivity contribution in [2.75, 3.05) is 5.73 Å². The predicted molar refractivity (Wildman–Crippen MR) is 65.0 cm³/mol. The lowest BCUT2D eigenvalue weighted by Crippen LogP contribution is -1.95. The lowest BCUT2D eigenvalue weighted by atomic mass is 9.95. The predicted octanol–water partition coefficient (Wildman–Crippen LogP) is 3.25. The van der Waals surface area contributed by atoms with Crippen LogP contribution in [0, 0.1) is 6.92 Å². The molecule has 0 aliphatic carbocycles. The van der Waals surface area contributed by atoms with Crippen LogP contribution in [-0.4, -0.2) is 4.98 Å². The molecule has 2 N–H and O–H groups in total. The van der Waals surface area contributed by atoms with Crippen LogP contribution >= 0.6 is 0 Å². The molecule has 0 saturated carbocycles. The summed E-state index contributed by atoms with van der Waals surface area (Å²) in [7, 11) is 0. The van der Waals surface area contributed by atoms with Gasteiger partial charge in [-0.15, -0.1) is 0 Å². The van der Waals surface area contributed by atoms with E-state index in [4.69, 9.17) is 5.73 Å². The average Bonchev–Trinajstić information content (AvgIpc) is 2.18. The van der Waals surface area contributed by atoms with Crippen LogP contribution in [0.15, 0.2) is 24.4 Å². The fourth-order valence-corrected chi connectivity index (χ4v) is 1.99. The Balaban J connectivity index is 2.76. The zero-order valence-electron chi connectivity index (χ0n) is 9.41. The van der Waals surface area contributed by atoms with E-state index in [-0.39, 0.29) is 0 Å². The van der Waals surface area contributed by atoms with E-state index in [2.05, 4.69) is 37.9 Å². The second-order valence-corrected chi connectivity index (χ2v) is 4.28. The quantitative estimate of drug-likeness (QED) is 0.767. The van der Waals surface area contributed by atoms with Crippen molar-refractivity contribution < 1.29 is 0 Å². The van der Waals surface area contributed by atoms with Crippen LogP contribution in [0.5, 0.6) is 0 Å². The summed E-state index contributed by atoms with van der Waals surface area (Å²) < 4.78 is 0. The molecule has 0 aliphatic heterocycles. The van der Waals surface area contributed by atoms with Gasteiger partial charge < -0.3 is 5.73 Å². The Morgan fingerprint density at radius 1 is 1.27 bits per heavy atom. The molecule has 78 valence electrons. The number of hydrogen-bond acceptors (Lipinski definition) is 2. The first-order chi connectivity index (χ1) is 7.09. The van der Waals surface area contributed by atoms with Gasteiger partial charge >= 0.3 is 0 Å². The number of anilines is 1. The molecule has 0 saturated heterocycles. The van der Waals surface area contributed by atoms with Crippen LogP contribution in [0.2, 0.25) is 0 Å². The molecule has 0 spiro atoms. The number of nitrogens with two attached hydrogens (primary N) is 1. The molecule has 0 amide bonds. The van der Waals surface area contributed by atoms with Crippen molar-refractivity contribution >= 4 is 16.6 Å². The van der Waals surface area contributed by atoms with Gasteiger partial charge in [-0.2, -0.15) is 0 Å². The van der Waals surface area contributed by atoms with Gasteiger partial charge in [-0.25, -0.2) is 4.98 Å². The van der Waals surface area contributed by atoms with Crippen LogP contribution in [-0.2, 0) is 0 Å². The number of fused-ring (bicyclic) bond motifs is 1. The molecule has 0 unspecified atom stereocenters. The molecule has 0 radical (unpaired) electrons. The minimum atomic E-state index is 0.545. The third kappa shape index (κ3) is 1.67. The first-order valence-electron chi connectivity index (χ1n) is 5.24. The summed E-state index contributed by atoms with van der Waals surface area (Å²) in [6.07, 6.45) is 1.76. The van der Waals surface area contributed by atoms with Gasteiger partial charge in [-0.05, 0) is 41.5 Å². The second kappa shape index (κ2) is 3.54. The van der Waals surface area contributed by atoms with Crippen molar-refractivity contribution in [1.29, 1.82) is 0 Å². The summed E-state index contributed by atoms with van der Waals surface area (Å²) in [6, 6.07) is 6.36. The third-order valence-electron chi connectivity index (χ3n) is 2.80. The number of aromatic nitrogens is 1. The summed E-state index contributed by atoms with van der Waals surface area (Å²) in [4.78, 5) is 4.10. The van der Waals surface area contributed by atoms with Gasteiger partial charge in [0.05, 0.1) is 0 Å². The Morgan fingerprint density at radius 2 is 2.00 bits per heavy atom. The number of benzene rings is 1. The van der Waals surface area contributed by atoms with Crippen molar-refractivity contribution in [1.82, 2.24) is 4.98 Å². The zero-order valence-corrected chi connectivity index (χ0v) is 9.41. The SMILES string of the molecule is Cc1cc2c(N)nccc2cc1C(C)C. The van der Waals surface area contributed by atoms with E-state index in [0.29, 0.717) is 11.7 Å². The lowest BCUT2D eigenvalue weighted by Gasteiger charge is -2.11. The number of hydrogen-bond donors (Lipinski definition) is 1. The number of rotatable bonds is 1. The van der Waals surface area contributed by atoms with Crippen molar-refractivity contribution in [2.24, 2.45) is 0 Å². The summed E-state index contributed by atoms with van der Waals surface area (Å²) >= 11 is 0. The van der Waals surface area contributed by atoms with Gasteiger partial charge in [0.25, 0.3) is 0 Å². The molecule has 1 aromatic carbocycles. The van der Waals surface area contributed by atoms with Crippen LogP contribution in [0.4, 0.5) is 5.82 Å². The van der Waals surface area contributed by atoms with Gasteiger partial charge in [0.2, 0.25) is 0 Å². The monoisotopic (exact) mass is 200 g/mol. The topological polar surface area (TPSA) is 38.9 Å². The highest BCUT2D eigenvalue weighted by Crippen LogP contribution is 2.27. The average molecular weight is 200 g/mol. The van der Waals surface area contributed by atoms with Crippen LogP contribution in [0.3, 0.4) is 0 Å². The minimum absolute atomic E-state index is 0.545. The summed E-state index contributed by atoms with van der Waals surface area (Å²) in [5.74, 6) is 1.16. The fraction of sp³-hybridized carbons (Fsp3) is 0.308. The van der Waals surface area contributed by atoms with E-state index in [1.165, 1.54) is 16.5 Å². The molecule has 1 heterocycles. The molecule has 2 heteroatoms. The summed E-state index contributed by atoms with van der Waals surface area (Å²) in [6.45, 7) is 6.54. The van der Waals surface area contributed by atoms with Gasteiger partial charge in [-0.3, -0.25) is 0 Å². The second-order valence-electron chi connectivity index (χ2n) is 4.28. The normalized spacial score (nSPS) is 11.2. The molecule has 2 rings (SSSR count). The van der Waals surface area contributed by atoms with Crippen LogP contribution in [0.1, 0.15) is 30.9 Å². The van der Waals surface area contributed by atoms with E-state index < -0.39 is 0 Å². The maximum absolute atomic E-state index is 5.84. The van der Waals surface area contributed by atoms with Crippen LogP contribution in [0.25, 0.3) is 10.8 Å². The first-order valence-corrected chi connectivity index (χ1v) is 5.24.